The van der Waals surface area contributed by atoms with Crippen LogP contribution in [-0.4, -0.2) is 56.1 Å². The van der Waals surface area contributed by atoms with E-state index in [-0.39, 0.29) is 11.8 Å². The van der Waals surface area contributed by atoms with Crippen LogP contribution in [0.5, 0.6) is 0 Å². The van der Waals surface area contributed by atoms with Crippen LogP contribution in [0.15, 0.2) is 48.5 Å². The van der Waals surface area contributed by atoms with Crippen LogP contribution in [0, 0.1) is 6.92 Å². The van der Waals surface area contributed by atoms with Crippen molar-refractivity contribution >= 4 is 17.5 Å². The van der Waals surface area contributed by atoms with E-state index in [0.29, 0.717) is 17.7 Å². The van der Waals surface area contributed by atoms with Gasteiger partial charge in [-0.25, -0.2) is 0 Å². The van der Waals surface area contributed by atoms with Crippen LogP contribution < -0.4 is 10.6 Å². The molecule has 0 atom stereocenters. The van der Waals surface area contributed by atoms with Gasteiger partial charge in [0.2, 0.25) is 0 Å². The van der Waals surface area contributed by atoms with Gasteiger partial charge < -0.3 is 15.4 Å². The molecule has 0 saturated carbocycles. The summed E-state index contributed by atoms with van der Waals surface area (Å²) in [6.45, 7) is 6.57. The van der Waals surface area contributed by atoms with Crippen LogP contribution in [0.25, 0.3) is 0 Å². The van der Waals surface area contributed by atoms with E-state index in [2.05, 4.69) is 15.5 Å². The van der Waals surface area contributed by atoms with Crippen molar-refractivity contribution < 1.29 is 14.3 Å². The molecule has 2 aromatic rings. The third-order valence-electron chi connectivity index (χ3n) is 4.60. The highest BCUT2D eigenvalue weighted by molar-refractivity contribution is 6.06. The fourth-order valence-corrected chi connectivity index (χ4v) is 2.96. The molecule has 0 bridgehead atoms. The van der Waals surface area contributed by atoms with Gasteiger partial charge in [0.1, 0.15) is 0 Å². The van der Waals surface area contributed by atoms with E-state index in [1.54, 1.807) is 24.3 Å². The van der Waals surface area contributed by atoms with Crippen molar-refractivity contribution in [2.45, 2.75) is 6.92 Å². The van der Waals surface area contributed by atoms with Gasteiger partial charge in [0.25, 0.3) is 11.8 Å². The average molecular weight is 367 g/mol. The van der Waals surface area contributed by atoms with Crippen LogP contribution in [-0.2, 0) is 4.74 Å². The highest BCUT2D eigenvalue weighted by Crippen LogP contribution is 2.15. The van der Waals surface area contributed by atoms with Gasteiger partial charge in [0, 0.05) is 43.0 Å². The fourth-order valence-electron chi connectivity index (χ4n) is 2.96. The number of hydrogen-bond donors (Lipinski definition) is 2. The molecule has 1 saturated heterocycles. The summed E-state index contributed by atoms with van der Waals surface area (Å²) in [7, 11) is 0. The topological polar surface area (TPSA) is 70.7 Å². The second kappa shape index (κ2) is 9.30. The summed E-state index contributed by atoms with van der Waals surface area (Å²) in [5.74, 6) is -0.402. The Labute approximate surface area is 159 Å². The molecule has 27 heavy (non-hydrogen) atoms. The van der Waals surface area contributed by atoms with Crippen molar-refractivity contribution in [3.05, 3.63) is 65.2 Å². The van der Waals surface area contributed by atoms with Crippen LogP contribution in [0.4, 0.5) is 5.69 Å². The van der Waals surface area contributed by atoms with Gasteiger partial charge >= 0.3 is 0 Å². The number of benzene rings is 2. The van der Waals surface area contributed by atoms with Crippen LogP contribution in [0.2, 0.25) is 0 Å². The van der Waals surface area contributed by atoms with Gasteiger partial charge in [0.05, 0.1) is 13.2 Å². The highest BCUT2D eigenvalue weighted by Gasteiger charge is 2.13. The van der Waals surface area contributed by atoms with Crippen molar-refractivity contribution in [1.82, 2.24) is 10.2 Å². The summed E-state index contributed by atoms with van der Waals surface area (Å²) in [4.78, 5) is 27.1. The van der Waals surface area contributed by atoms with Gasteiger partial charge in [-0.2, -0.15) is 0 Å². The molecular weight excluding hydrogens is 342 g/mol. The first-order chi connectivity index (χ1) is 13.1. The molecule has 6 nitrogen and oxygen atoms in total. The predicted molar refractivity (Wildman–Crippen MR) is 105 cm³/mol. The Balaban J connectivity index is 1.56. The van der Waals surface area contributed by atoms with E-state index >= 15 is 0 Å². The Morgan fingerprint density at radius 1 is 1.00 bits per heavy atom. The minimum Gasteiger partial charge on any atom is -0.379 e. The largest absolute Gasteiger partial charge is 0.379 e. The Morgan fingerprint density at radius 2 is 1.70 bits per heavy atom. The van der Waals surface area contributed by atoms with E-state index in [9.17, 15) is 9.59 Å². The lowest BCUT2D eigenvalue weighted by atomic mass is 10.1. The van der Waals surface area contributed by atoms with Crippen molar-refractivity contribution in [3.8, 4) is 0 Å². The molecular formula is C21H25N3O3. The van der Waals surface area contributed by atoms with Crippen LogP contribution in [0.1, 0.15) is 26.3 Å². The molecule has 1 aliphatic rings. The third kappa shape index (κ3) is 5.39. The van der Waals surface area contributed by atoms with E-state index < -0.39 is 0 Å². The number of anilines is 1. The summed E-state index contributed by atoms with van der Waals surface area (Å²) in [5, 5.41) is 5.81. The number of aryl methyl sites for hydroxylation is 1. The molecule has 142 valence electrons. The first-order valence-corrected chi connectivity index (χ1v) is 9.19. The number of nitrogens with zero attached hydrogens (tertiary/aromatic N) is 1. The maximum Gasteiger partial charge on any atom is 0.255 e. The van der Waals surface area contributed by atoms with E-state index in [1.165, 1.54) is 0 Å². The van der Waals surface area contributed by atoms with Gasteiger partial charge in [0.15, 0.2) is 0 Å². The van der Waals surface area contributed by atoms with Crippen LogP contribution in [0.3, 0.4) is 0 Å². The molecule has 6 heteroatoms. The fraction of sp³-hybridized carbons (Fsp3) is 0.333. The van der Waals surface area contributed by atoms with Gasteiger partial charge in [-0.05, 0) is 36.8 Å². The number of rotatable bonds is 6. The zero-order valence-electron chi connectivity index (χ0n) is 15.5. The summed E-state index contributed by atoms with van der Waals surface area (Å²) >= 11 is 0. The number of ether oxygens (including phenoxy) is 1. The smallest absolute Gasteiger partial charge is 0.255 e. The van der Waals surface area contributed by atoms with E-state index in [0.717, 1.165) is 44.1 Å². The number of hydrogen-bond acceptors (Lipinski definition) is 4. The molecule has 2 aromatic carbocycles. The molecule has 1 aliphatic heterocycles. The zero-order chi connectivity index (χ0) is 19.1. The molecule has 3 rings (SSSR count). The average Bonchev–Trinajstić information content (AvgIpc) is 2.70. The number of nitrogens with one attached hydrogen (secondary N) is 2. The second-order valence-electron chi connectivity index (χ2n) is 6.56. The number of para-hydroxylation sites is 1. The minimum absolute atomic E-state index is 0.172. The monoisotopic (exact) mass is 367 g/mol. The van der Waals surface area contributed by atoms with E-state index in [1.807, 2.05) is 31.2 Å². The summed E-state index contributed by atoms with van der Waals surface area (Å²) in [5.41, 5.74) is 2.69. The molecule has 0 spiro atoms. The predicted octanol–water partition coefficient (Wildman–Crippen LogP) is 2.31. The first-order valence-electron chi connectivity index (χ1n) is 9.19. The zero-order valence-corrected chi connectivity index (χ0v) is 15.5. The van der Waals surface area contributed by atoms with Gasteiger partial charge in [-0.15, -0.1) is 0 Å². The Bertz CT molecular complexity index is 801. The standard InChI is InChI=1S/C21H25N3O3/c1-16-5-2-3-8-19(16)23-21(26)18-7-4-6-17(15-18)20(25)22-9-10-24-11-13-27-14-12-24/h2-8,15H,9-14H2,1H3,(H,22,25)(H,23,26). The van der Waals surface area contributed by atoms with Crippen molar-refractivity contribution in [1.29, 1.82) is 0 Å². The normalized spacial score (nSPS) is 14.6. The molecule has 0 aromatic heterocycles. The molecule has 1 fully saturated rings. The Morgan fingerprint density at radius 3 is 2.44 bits per heavy atom. The number of carbonyl (C=O) groups excluding carboxylic acids is 2. The lowest BCUT2D eigenvalue weighted by molar-refractivity contribution is 0.0383. The quantitative estimate of drug-likeness (QED) is 0.822. The van der Waals surface area contributed by atoms with Crippen molar-refractivity contribution in [2.75, 3.05) is 44.7 Å². The van der Waals surface area contributed by atoms with E-state index in [4.69, 9.17) is 4.74 Å². The number of morpholine rings is 1. The van der Waals surface area contributed by atoms with Gasteiger partial charge in [-0.3, -0.25) is 14.5 Å². The molecule has 2 amide bonds. The minimum atomic E-state index is -0.229. The van der Waals surface area contributed by atoms with Gasteiger partial charge in [-0.1, -0.05) is 24.3 Å². The van der Waals surface area contributed by atoms with Crippen molar-refractivity contribution in [2.24, 2.45) is 0 Å². The third-order valence-corrected chi connectivity index (χ3v) is 4.60. The summed E-state index contributed by atoms with van der Waals surface area (Å²) in [6.07, 6.45) is 0. The lowest BCUT2D eigenvalue weighted by Gasteiger charge is -2.26. The van der Waals surface area contributed by atoms with Crippen molar-refractivity contribution in [3.63, 3.8) is 0 Å². The first kappa shape index (κ1) is 19.1. The maximum absolute atomic E-state index is 12.5. The maximum atomic E-state index is 12.5. The Hall–Kier alpha value is -2.70. The summed E-state index contributed by atoms with van der Waals surface area (Å²) in [6, 6.07) is 14.4. The highest BCUT2D eigenvalue weighted by atomic mass is 16.5. The molecule has 0 unspecified atom stereocenters. The number of carbonyl (C=O) groups is 2. The van der Waals surface area contributed by atoms with Crippen LogP contribution >= 0.6 is 0 Å². The summed E-state index contributed by atoms with van der Waals surface area (Å²) < 4.78 is 5.32. The number of amides is 2. The molecule has 0 radical (unpaired) electrons. The molecule has 0 aliphatic carbocycles. The lowest BCUT2D eigenvalue weighted by Crippen LogP contribution is -2.41. The Kier molecular flexibility index (Phi) is 6.57. The molecule has 1 heterocycles. The molecule has 2 N–H and O–H groups in total. The second-order valence-corrected chi connectivity index (χ2v) is 6.56. The SMILES string of the molecule is Cc1ccccc1NC(=O)c1cccc(C(=O)NCCN2CCOCC2)c1.